The van der Waals surface area contributed by atoms with Crippen LogP contribution < -0.4 is 0 Å². The fourth-order valence-electron chi connectivity index (χ4n) is 2.51. The number of hydrogen-bond donors (Lipinski definition) is 1. The Labute approximate surface area is 139 Å². The molecule has 128 valence electrons. The molecule has 0 amide bonds. The third-order valence-electron chi connectivity index (χ3n) is 3.97. The fourth-order valence-corrected chi connectivity index (χ4v) is 2.51. The van der Waals surface area contributed by atoms with Gasteiger partial charge >= 0.3 is 5.97 Å². The molecule has 0 spiro atoms. The third-order valence-corrected chi connectivity index (χ3v) is 3.97. The van der Waals surface area contributed by atoms with Gasteiger partial charge in [0, 0.05) is 6.42 Å². The molecule has 23 heavy (non-hydrogen) atoms. The van der Waals surface area contributed by atoms with Crippen molar-refractivity contribution in [3.63, 3.8) is 0 Å². The summed E-state index contributed by atoms with van der Waals surface area (Å²) in [7, 11) is 1.39. The van der Waals surface area contributed by atoms with Crippen LogP contribution in [0.15, 0.2) is 43.0 Å². The standard InChI is InChI=1S/C19H28O4/c1-4-19(2,12-8-11-18(21)22-3)13-17(20)15-23-14-16-9-6-5-7-10-16/h4-7,9-10,17,20H,1,8,11-15H2,2-3H3/t17-,19-/m1/s1. The average molecular weight is 320 g/mol. The highest BCUT2D eigenvalue weighted by molar-refractivity contribution is 5.68. The number of carbonyl (C=O) groups excluding carboxylic acids is 1. The summed E-state index contributed by atoms with van der Waals surface area (Å²) in [5, 5.41) is 10.2. The Morgan fingerprint density at radius 1 is 1.39 bits per heavy atom. The lowest BCUT2D eigenvalue weighted by atomic mass is 9.80. The van der Waals surface area contributed by atoms with E-state index in [9.17, 15) is 9.90 Å². The Kier molecular flexibility index (Phi) is 8.59. The van der Waals surface area contributed by atoms with E-state index in [0.717, 1.165) is 12.0 Å². The predicted molar refractivity (Wildman–Crippen MR) is 90.9 cm³/mol. The Morgan fingerprint density at radius 3 is 2.70 bits per heavy atom. The van der Waals surface area contributed by atoms with Crippen LogP contribution in [-0.2, 0) is 20.9 Å². The van der Waals surface area contributed by atoms with Crippen molar-refractivity contribution in [1.29, 1.82) is 0 Å². The monoisotopic (exact) mass is 320 g/mol. The van der Waals surface area contributed by atoms with Crippen molar-refractivity contribution in [2.75, 3.05) is 13.7 Å². The first-order chi connectivity index (χ1) is 11.0. The van der Waals surface area contributed by atoms with Crippen LogP contribution in [0.2, 0.25) is 0 Å². The van der Waals surface area contributed by atoms with E-state index in [1.807, 2.05) is 43.3 Å². The van der Waals surface area contributed by atoms with Crippen LogP contribution in [0.5, 0.6) is 0 Å². The van der Waals surface area contributed by atoms with Crippen molar-refractivity contribution >= 4 is 5.97 Å². The summed E-state index contributed by atoms with van der Waals surface area (Å²) in [6.07, 6.45) is 3.74. The van der Waals surface area contributed by atoms with Gasteiger partial charge in [0.25, 0.3) is 0 Å². The Morgan fingerprint density at radius 2 is 2.09 bits per heavy atom. The van der Waals surface area contributed by atoms with Crippen molar-refractivity contribution in [3.8, 4) is 0 Å². The zero-order valence-electron chi connectivity index (χ0n) is 14.2. The minimum atomic E-state index is -0.556. The van der Waals surface area contributed by atoms with E-state index < -0.39 is 6.10 Å². The minimum absolute atomic E-state index is 0.205. The molecule has 0 aliphatic rings. The van der Waals surface area contributed by atoms with E-state index in [2.05, 4.69) is 11.3 Å². The first-order valence-electron chi connectivity index (χ1n) is 7.99. The maximum atomic E-state index is 11.2. The number of carbonyl (C=O) groups is 1. The molecular formula is C19H28O4. The van der Waals surface area contributed by atoms with Gasteiger partial charge in [0.15, 0.2) is 0 Å². The molecule has 0 saturated heterocycles. The van der Waals surface area contributed by atoms with E-state index in [1.54, 1.807) is 0 Å². The zero-order chi connectivity index (χ0) is 17.1. The van der Waals surface area contributed by atoms with Crippen LogP contribution in [0.1, 0.15) is 38.2 Å². The highest BCUT2D eigenvalue weighted by Gasteiger charge is 2.24. The fraction of sp³-hybridized carbons (Fsp3) is 0.526. The van der Waals surface area contributed by atoms with Crippen LogP contribution in [0, 0.1) is 5.41 Å². The van der Waals surface area contributed by atoms with Crippen molar-refractivity contribution in [1.82, 2.24) is 0 Å². The molecule has 0 bridgehead atoms. The van der Waals surface area contributed by atoms with Gasteiger partial charge in [-0.1, -0.05) is 43.3 Å². The highest BCUT2D eigenvalue weighted by Crippen LogP contribution is 2.31. The molecule has 0 unspecified atom stereocenters. The molecule has 4 heteroatoms. The number of aliphatic hydroxyl groups is 1. The van der Waals surface area contributed by atoms with Crippen LogP contribution >= 0.6 is 0 Å². The van der Waals surface area contributed by atoms with Crippen molar-refractivity contribution in [3.05, 3.63) is 48.6 Å². The van der Waals surface area contributed by atoms with E-state index in [1.165, 1.54) is 7.11 Å². The van der Waals surface area contributed by atoms with Crippen molar-refractivity contribution < 1.29 is 19.4 Å². The number of allylic oxidation sites excluding steroid dienone is 1. The summed E-state index contributed by atoms with van der Waals surface area (Å²) in [6, 6.07) is 9.87. The molecule has 0 aliphatic heterocycles. The van der Waals surface area contributed by atoms with Gasteiger partial charge in [-0.2, -0.15) is 0 Å². The summed E-state index contributed by atoms with van der Waals surface area (Å²) < 4.78 is 10.2. The maximum Gasteiger partial charge on any atom is 0.305 e. The number of methoxy groups -OCH3 is 1. The highest BCUT2D eigenvalue weighted by atomic mass is 16.5. The lowest BCUT2D eigenvalue weighted by molar-refractivity contribution is -0.140. The topological polar surface area (TPSA) is 55.8 Å². The third kappa shape index (κ3) is 7.95. The Hall–Kier alpha value is -1.65. The SMILES string of the molecule is C=C[C@](C)(CCCC(=O)OC)C[C@@H](O)COCc1ccccc1. The van der Waals surface area contributed by atoms with E-state index in [-0.39, 0.29) is 18.0 Å². The molecule has 1 N–H and O–H groups in total. The normalized spacial score (nSPS) is 14.7. The van der Waals surface area contributed by atoms with Gasteiger partial charge in [-0.05, 0) is 30.2 Å². The summed E-state index contributed by atoms with van der Waals surface area (Å²) in [6.45, 7) is 6.68. The Bertz CT molecular complexity index is 472. The second kappa shape index (κ2) is 10.2. The number of hydrogen-bond acceptors (Lipinski definition) is 4. The van der Waals surface area contributed by atoms with E-state index in [0.29, 0.717) is 25.9 Å². The molecule has 0 saturated carbocycles. The van der Waals surface area contributed by atoms with Crippen LogP contribution in [-0.4, -0.2) is 30.9 Å². The van der Waals surface area contributed by atoms with E-state index in [4.69, 9.17) is 4.74 Å². The smallest absolute Gasteiger partial charge is 0.305 e. The summed E-state index contributed by atoms with van der Waals surface area (Å²) in [4.78, 5) is 11.2. The molecule has 0 aliphatic carbocycles. The quantitative estimate of drug-likeness (QED) is 0.501. The number of aliphatic hydroxyl groups excluding tert-OH is 1. The van der Waals surface area contributed by atoms with Gasteiger partial charge in [-0.25, -0.2) is 0 Å². The first-order valence-corrected chi connectivity index (χ1v) is 7.99. The van der Waals surface area contributed by atoms with Gasteiger partial charge in [0.2, 0.25) is 0 Å². The molecule has 0 fully saturated rings. The molecule has 1 aromatic rings. The molecule has 1 rings (SSSR count). The Balaban J connectivity index is 2.32. The first kappa shape index (κ1) is 19.4. The van der Waals surface area contributed by atoms with Gasteiger partial charge in [-0.15, -0.1) is 6.58 Å². The number of ether oxygens (including phenoxy) is 2. The van der Waals surface area contributed by atoms with Gasteiger partial charge < -0.3 is 14.6 Å². The zero-order valence-corrected chi connectivity index (χ0v) is 14.2. The molecule has 2 atom stereocenters. The predicted octanol–water partition coefficient (Wildman–Crippen LogP) is 3.49. The average Bonchev–Trinajstić information content (AvgIpc) is 2.55. The molecule has 1 aromatic carbocycles. The summed E-state index contributed by atoms with van der Waals surface area (Å²) >= 11 is 0. The number of esters is 1. The van der Waals surface area contributed by atoms with Crippen LogP contribution in [0.4, 0.5) is 0 Å². The summed E-state index contributed by atoms with van der Waals surface area (Å²) in [5.74, 6) is -0.205. The van der Waals surface area contributed by atoms with Crippen LogP contribution in [0.25, 0.3) is 0 Å². The lowest BCUT2D eigenvalue weighted by Crippen LogP contribution is -2.25. The maximum absolute atomic E-state index is 11.2. The number of rotatable bonds is 11. The number of benzene rings is 1. The summed E-state index contributed by atoms with van der Waals surface area (Å²) in [5.41, 5.74) is 0.869. The molecule has 0 heterocycles. The second-order valence-electron chi connectivity index (χ2n) is 6.15. The molecular weight excluding hydrogens is 292 g/mol. The largest absolute Gasteiger partial charge is 0.469 e. The van der Waals surface area contributed by atoms with Crippen LogP contribution in [0.3, 0.4) is 0 Å². The molecule has 4 nitrogen and oxygen atoms in total. The van der Waals surface area contributed by atoms with Crippen molar-refractivity contribution in [2.24, 2.45) is 5.41 Å². The van der Waals surface area contributed by atoms with Gasteiger partial charge in [0.1, 0.15) is 0 Å². The minimum Gasteiger partial charge on any atom is -0.469 e. The van der Waals surface area contributed by atoms with Crippen molar-refractivity contribution in [2.45, 2.75) is 45.3 Å². The van der Waals surface area contributed by atoms with Gasteiger partial charge in [0.05, 0.1) is 26.4 Å². The van der Waals surface area contributed by atoms with E-state index >= 15 is 0 Å². The second-order valence-corrected chi connectivity index (χ2v) is 6.15. The van der Waals surface area contributed by atoms with Gasteiger partial charge in [-0.3, -0.25) is 4.79 Å². The lowest BCUT2D eigenvalue weighted by Gasteiger charge is -2.28. The molecule has 0 radical (unpaired) electrons. The molecule has 0 aromatic heterocycles.